The van der Waals surface area contributed by atoms with Crippen LogP contribution in [0, 0.1) is 0 Å². The Labute approximate surface area is 180 Å². The van der Waals surface area contributed by atoms with Gasteiger partial charge in [-0.05, 0) is 40.5 Å². The van der Waals surface area contributed by atoms with Gasteiger partial charge in [0.05, 0.1) is 24.4 Å². The van der Waals surface area contributed by atoms with Crippen LogP contribution in [0.4, 0.5) is 0 Å². The van der Waals surface area contributed by atoms with E-state index in [1.165, 1.54) is 0 Å². The van der Waals surface area contributed by atoms with Crippen molar-refractivity contribution in [2.45, 2.75) is 65.0 Å². The zero-order chi connectivity index (χ0) is 23.1. The summed E-state index contributed by atoms with van der Waals surface area (Å²) < 4.78 is 0. The van der Waals surface area contributed by atoms with E-state index in [4.69, 9.17) is 0 Å². The molecule has 0 saturated carbocycles. The highest BCUT2D eigenvalue weighted by Gasteiger charge is 2.15. The van der Waals surface area contributed by atoms with Gasteiger partial charge in [0.2, 0.25) is 0 Å². The molecule has 0 aliphatic carbocycles. The lowest BCUT2D eigenvalue weighted by atomic mass is 10.2. The third kappa shape index (κ3) is 16.5. The second-order valence-electron chi connectivity index (χ2n) is 8.13. The molecule has 0 bridgehead atoms. The molecule has 10 heteroatoms. The van der Waals surface area contributed by atoms with Gasteiger partial charge in [0.15, 0.2) is 0 Å². The van der Waals surface area contributed by atoms with Crippen LogP contribution in [0.25, 0.3) is 0 Å². The number of aliphatic hydroxyl groups excluding tert-OH is 4. The van der Waals surface area contributed by atoms with E-state index >= 15 is 0 Å². The summed E-state index contributed by atoms with van der Waals surface area (Å²) in [5, 5.41) is 43.1. The van der Waals surface area contributed by atoms with Crippen LogP contribution in [0.3, 0.4) is 0 Å². The third-order valence-corrected chi connectivity index (χ3v) is 4.17. The second-order valence-corrected chi connectivity index (χ2v) is 8.13. The normalized spacial score (nSPS) is 15.7. The van der Waals surface area contributed by atoms with Crippen molar-refractivity contribution in [2.75, 3.05) is 52.4 Å². The largest absolute Gasteiger partial charge is 0.392 e. The van der Waals surface area contributed by atoms with Gasteiger partial charge in [0.1, 0.15) is 0 Å². The molecule has 0 radical (unpaired) electrons. The Hall–Kier alpha value is -1.30. The topological polar surface area (TPSA) is 146 Å². The Morgan fingerprint density at radius 3 is 1.13 bits per heavy atom. The van der Waals surface area contributed by atoms with E-state index in [1.54, 1.807) is 27.7 Å². The molecule has 0 fully saturated rings. The van der Waals surface area contributed by atoms with Crippen molar-refractivity contribution in [1.82, 2.24) is 20.4 Å². The van der Waals surface area contributed by atoms with Crippen molar-refractivity contribution in [3.05, 3.63) is 0 Å². The first-order chi connectivity index (χ1) is 14.0. The molecular formula is C20H42N4O6. The van der Waals surface area contributed by atoms with E-state index in [1.807, 2.05) is 9.80 Å². The van der Waals surface area contributed by atoms with Crippen LogP contribution < -0.4 is 10.6 Å². The van der Waals surface area contributed by atoms with Crippen LogP contribution >= 0.6 is 0 Å². The van der Waals surface area contributed by atoms with Gasteiger partial charge < -0.3 is 31.1 Å². The van der Waals surface area contributed by atoms with Gasteiger partial charge in [-0.15, -0.1) is 0 Å². The van der Waals surface area contributed by atoms with Crippen LogP contribution in [-0.4, -0.2) is 119 Å². The summed E-state index contributed by atoms with van der Waals surface area (Å²) in [6, 6.07) is 0. The lowest BCUT2D eigenvalue weighted by molar-refractivity contribution is -0.139. The quantitative estimate of drug-likeness (QED) is 0.122. The Morgan fingerprint density at radius 1 is 0.633 bits per heavy atom. The van der Waals surface area contributed by atoms with Gasteiger partial charge >= 0.3 is 11.8 Å². The summed E-state index contributed by atoms with van der Waals surface area (Å²) >= 11 is 0. The fourth-order valence-corrected chi connectivity index (χ4v) is 3.18. The minimum atomic E-state index is -0.697. The van der Waals surface area contributed by atoms with E-state index in [9.17, 15) is 30.0 Å². The first-order valence-corrected chi connectivity index (χ1v) is 10.7. The van der Waals surface area contributed by atoms with E-state index < -0.39 is 36.2 Å². The van der Waals surface area contributed by atoms with Crippen molar-refractivity contribution >= 4 is 11.8 Å². The standard InChI is InChI=1S/C20H42N4O6/c1-15(25)11-23(12-16(2)26)9-5-7-21-19(29)20(30)22-8-6-10-24(13-17(3)27)14-18(4)28/h15-18,25-28H,5-14H2,1-4H3,(H,21,29)(H,22,30). The zero-order valence-electron chi connectivity index (χ0n) is 18.9. The summed E-state index contributed by atoms with van der Waals surface area (Å²) in [6.07, 6.45) is -0.872. The first-order valence-electron chi connectivity index (χ1n) is 10.7. The van der Waals surface area contributed by atoms with E-state index in [2.05, 4.69) is 10.6 Å². The van der Waals surface area contributed by atoms with Gasteiger partial charge in [-0.2, -0.15) is 0 Å². The number of nitrogens with one attached hydrogen (secondary N) is 2. The lowest BCUT2D eigenvalue weighted by Crippen LogP contribution is -2.43. The fraction of sp³-hybridized carbons (Fsp3) is 0.900. The van der Waals surface area contributed by atoms with Crippen LogP contribution in [0.5, 0.6) is 0 Å². The Bertz CT molecular complexity index is 412. The molecule has 0 heterocycles. The molecular weight excluding hydrogens is 392 g/mol. The molecule has 0 aliphatic heterocycles. The van der Waals surface area contributed by atoms with Crippen molar-refractivity contribution < 1.29 is 30.0 Å². The number of carbonyl (C=O) groups excluding carboxylic acids is 2. The Kier molecular flexibility index (Phi) is 15.7. The molecule has 0 aliphatic rings. The second kappa shape index (κ2) is 16.4. The molecule has 0 spiro atoms. The maximum Gasteiger partial charge on any atom is 0.309 e. The number of nitrogens with zero attached hydrogens (tertiary/aromatic N) is 2. The average Bonchev–Trinajstić information content (AvgIpc) is 2.59. The number of hydrogen-bond donors (Lipinski definition) is 6. The number of hydrogen-bond acceptors (Lipinski definition) is 8. The summed E-state index contributed by atoms with van der Waals surface area (Å²) in [5.74, 6) is -1.39. The van der Waals surface area contributed by atoms with E-state index in [-0.39, 0.29) is 0 Å². The SMILES string of the molecule is CC(O)CN(CCCNC(=O)C(=O)NCCCN(CC(C)O)CC(C)O)CC(C)O. The summed E-state index contributed by atoms with van der Waals surface area (Å²) in [5.41, 5.74) is 0. The van der Waals surface area contributed by atoms with Crippen molar-refractivity contribution in [1.29, 1.82) is 0 Å². The molecule has 6 N–H and O–H groups in total. The van der Waals surface area contributed by atoms with E-state index in [0.29, 0.717) is 65.2 Å². The minimum absolute atomic E-state index is 0.318. The molecule has 4 atom stereocenters. The fourth-order valence-electron chi connectivity index (χ4n) is 3.18. The van der Waals surface area contributed by atoms with E-state index in [0.717, 1.165) is 0 Å². The van der Waals surface area contributed by atoms with Crippen LogP contribution in [0.2, 0.25) is 0 Å². The lowest BCUT2D eigenvalue weighted by Gasteiger charge is -2.25. The predicted octanol–water partition coefficient (Wildman–Crippen LogP) is -1.87. The molecule has 30 heavy (non-hydrogen) atoms. The summed E-state index contributed by atoms with van der Waals surface area (Å²) in [4.78, 5) is 27.6. The number of carbonyl (C=O) groups is 2. The van der Waals surface area contributed by atoms with Crippen LogP contribution in [0.15, 0.2) is 0 Å². The highest BCUT2D eigenvalue weighted by molar-refractivity contribution is 6.35. The number of amides is 2. The van der Waals surface area contributed by atoms with Gasteiger partial charge in [-0.1, -0.05) is 0 Å². The summed E-state index contributed by atoms with van der Waals surface area (Å²) in [6.45, 7) is 10.2. The monoisotopic (exact) mass is 434 g/mol. The molecule has 178 valence electrons. The number of rotatable bonds is 16. The number of aliphatic hydroxyl groups is 4. The molecule has 0 aromatic rings. The zero-order valence-corrected chi connectivity index (χ0v) is 18.9. The molecule has 4 unspecified atom stereocenters. The minimum Gasteiger partial charge on any atom is -0.392 e. The summed E-state index contributed by atoms with van der Waals surface area (Å²) in [7, 11) is 0. The Morgan fingerprint density at radius 2 is 0.900 bits per heavy atom. The van der Waals surface area contributed by atoms with Gasteiger partial charge in [0.25, 0.3) is 0 Å². The smallest absolute Gasteiger partial charge is 0.309 e. The van der Waals surface area contributed by atoms with Gasteiger partial charge in [-0.25, -0.2) is 0 Å². The maximum absolute atomic E-state index is 11.9. The van der Waals surface area contributed by atoms with Crippen molar-refractivity contribution in [3.63, 3.8) is 0 Å². The molecule has 0 aromatic heterocycles. The predicted molar refractivity (Wildman–Crippen MR) is 115 cm³/mol. The van der Waals surface area contributed by atoms with Crippen LogP contribution in [-0.2, 0) is 9.59 Å². The average molecular weight is 435 g/mol. The third-order valence-electron chi connectivity index (χ3n) is 4.17. The highest BCUT2D eigenvalue weighted by Crippen LogP contribution is 1.98. The van der Waals surface area contributed by atoms with Crippen molar-refractivity contribution in [2.24, 2.45) is 0 Å². The molecule has 0 aromatic carbocycles. The van der Waals surface area contributed by atoms with Crippen LogP contribution in [0.1, 0.15) is 40.5 Å². The molecule has 10 nitrogen and oxygen atoms in total. The Balaban J connectivity index is 4.08. The maximum atomic E-state index is 11.9. The van der Waals surface area contributed by atoms with Gasteiger partial charge in [-0.3, -0.25) is 19.4 Å². The molecule has 0 rings (SSSR count). The highest BCUT2D eigenvalue weighted by atomic mass is 16.3. The first kappa shape index (κ1) is 28.7. The van der Waals surface area contributed by atoms with Gasteiger partial charge in [0, 0.05) is 52.4 Å². The molecule has 2 amide bonds. The molecule has 0 saturated heterocycles. The van der Waals surface area contributed by atoms with Crippen molar-refractivity contribution in [3.8, 4) is 0 Å².